The normalized spacial score (nSPS) is 29.7. The number of hydrogen-bond donors (Lipinski definition) is 1. The molecule has 106 valence electrons. The van der Waals surface area contributed by atoms with E-state index in [1.54, 1.807) is 0 Å². The maximum Gasteiger partial charge on any atom is 0.0707 e. The molecule has 2 heterocycles. The lowest BCUT2D eigenvalue weighted by atomic mass is 9.94. The number of rotatable bonds is 8. The van der Waals surface area contributed by atoms with Crippen molar-refractivity contribution in [2.24, 2.45) is 11.7 Å². The van der Waals surface area contributed by atoms with E-state index in [0.717, 1.165) is 12.5 Å². The minimum Gasteiger partial charge on any atom is -0.372 e. The molecule has 3 heteroatoms. The van der Waals surface area contributed by atoms with Crippen LogP contribution in [0.4, 0.5) is 0 Å². The van der Waals surface area contributed by atoms with Gasteiger partial charge in [-0.25, -0.2) is 0 Å². The van der Waals surface area contributed by atoms with Gasteiger partial charge in [0.05, 0.1) is 12.2 Å². The monoisotopic (exact) mass is 254 g/mol. The standard InChI is InChI=1S/C15H30N2O/c1-2-4-13(8-9-16)5-3-10-17-11-14-6-7-15(12-17)18-14/h13-15H,2-12,16H2,1H3. The molecule has 3 unspecified atom stereocenters. The lowest BCUT2D eigenvalue weighted by molar-refractivity contribution is -0.0388. The Morgan fingerprint density at radius 1 is 1.17 bits per heavy atom. The van der Waals surface area contributed by atoms with Gasteiger partial charge in [0.15, 0.2) is 0 Å². The fourth-order valence-electron chi connectivity index (χ4n) is 3.56. The highest BCUT2D eigenvalue weighted by Crippen LogP contribution is 2.26. The van der Waals surface area contributed by atoms with Gasteiger partial charge in [-0.15, -0.1) is 0 Å². The Morgan fingerprint density at radius 2 is 1.89 bits per heavy atom. The summed E-state index contributed by atoms with van der Waals surface area (Å²) in [6.07, 6.45) is 10.2. The Labute approximate surface area is 112 Å². The molecule has 2 N–H and O–H groups in total. The maximum atomic E-state index is 5.87. The van der Waals surface area contributed by atoms with Gasteiger partial charge >= 0.3 is 0 Å². The number of ether oxygens (including phenoxy) is 1. The molecule has 0 radical (unpaired) electrons. The summed E-state index contributed by atoms with van der Waals surface area (Å²) in [6, 6.07) is 0. The number of fused-ring (bicyclic) bond motifs is 2. The molecular formula is C15H30N2O. The van der Waals surface area contributed by atoms with Gasteiger partial charge in [0.25, 0.3) is 0 Å². The molecule has 0 aromatic carbocycles. The molecule has 0 amide bonds. The van der Waals surface area contributed by atoms with Crippen LogP contribution in [0.25, 0.3) is 0 Å². The second-order valence-electron chi connectivity index (χ2n) is 6.09. The van der Waals surface area contributed by atoms with Crippen LogP contribution < -0.4 is 5.73 Å². The lowest BCUT2D eigenvalue weighted by Crippen LogP contribution is -2.42. The van der Waals surface area contributed by atoms with Crippen molar-refractivity contribution in [3.63, 3.8) is 0 Å². The lowest BCUT2D eigenvalue weighted by Gasteiger charge is -2.32. The topological polar surface area (TPSA) is 38.5 Å². The van der Waals surface area contributed by atoms with Crippen LogP contribution in [-0.4, -0.2) is 43.3 Å². The van der Waals surface area contributed by atoms with Gasteiger partial charge in [0.2, 0.25) is 0 Å². The van der Waals surface area contributed by atoms with Crippen molar-refractivity contribution in [2.75, 3.05) is 26.2 Å². The number of nitrogens with two attached hydrogens (primary N) is 1. The zero-order valence-electron chi connectivity index (χ0n) is 11.9. The van der Waals surface area contributed by atoms with Crippen LogP contribution in [0.3, 0.4) is 0 Å². The van der Waals surface area contributed by atoms with Crippen LogP contribution in [0.5, 0.6) is 0 Å². The van der Waals surface area contributed by atoms with E-state index in [0.29, 0.717) is 12.2 Å². The van der Waals surface area contributed by atoms with Crippen LogP contribution >= 0.6 is 0 Å². The van der Waals surface area contributed by atoms with Crippen LogP contribution in [0, 0.1) is 5.92 Å². The third-order valence-electron chi connectivity index (χ3n) is 4.48. The van der Waals surface area contributed by atoms with Crippen molar-refractivity contribution in [1.29, 1.82) is 0 Å². The molecule has 2 aliphatic heterocycles. The summed E-state index contributed by atoms with van der Waals surface area (Å²) in [7, 11) is 0. The fraction of sp³-hybridized carbons (Fsp3) is 1.00. The predicted molar refractivity (Wildman–Crippen MR) is 75.6 cm³/mol. The zero-order valence-corrected chi connectivity index (χ0v) is 11.9. The first-order valence-corrected chi connectivity index (χ1v) is 7.89. The van der Waals surface area contributed by atoms with E-state index in [1.165, 1.54) is 64.6 Å². The summed E-state index contributed by atoms with van der Waals surface area (Å²) in [5.74, 6) is 0.859. The highest BCUT2D eigenvalue weighted by Gasteiger charge is 2.33. The van der Waals surface area contributed by atoms with Gasteiger partial charge < -0.3 is 10.5 Å². The van der Waals surface area contributed by atoms with E-state index in [1.807, 2.05) is 0 Å². The molecule has 2 fully saturated rings. The number of likely N-dealkylation sites (tertiary alicyclic amines) is 1. The van der Waals surface area contributed by atoms with Crippen molar-refractivity contribution in [2.45, 2.75) is 64.1 Å². The van der Waals surface area contributed by atoms with Crippen LogP contribution in [0.15, 0.2) is 0 Å². The molecule has 0 aliphatic carbocycles. The quantitative estimate of drug-likeness (QED) is 0.723. The van der Waals surface area contributed by atoms with E-state index >= 15 is 0 Å². The minimum atomic E-state index is 0.541. The highest BCUT2D eigenvalue weighted by atomic mass is 16.5. The minimum absolute atomic E-state index is 0.541. The molecule has 2 bridgehead atoms. The molecule has 0 spiro atoms. The SMILES string of the molecule is CCCC(CCN)CCCN1CC2CCC(C1)O2. The third kappa shape index (κ3) is 4.22. The van der Waals surface area contributed by atoms with Crippen molar-refractivity contribution < 1.29 is 4.74 Å². The largest absolute Gasteiger partial charge is 0.372 e. The first-order valence-electron chi connectivity index (χ1n) is 7.89. The van der Waals surface area contributed by atoms with E-state index in [4.69, 9.17) is 10.5 Å². The summed E-state index contributed by atoms with van der Waals surface area (Å²) in [4.78, 5) is 2.62. The summed E-state index contributed by atoms with van der Waals surface area (Å²) < 4.78 is 5.87. The smallest absolute Gasteiger partial charge is 0.0707 e. The third-order valence-corrected chi connectivity index (χ3v) is 4.48. The van der Waals surface area contributed by atoms with Gasteiger partial charge in [-0.05, 0) is 51.1 Å². The first kappa shape index (κ1) is 14.3. The molecule has 2 rings (SSSR count). The van der Waals surface area contributed by atoms with Gasteiger partial charge in [0, 0.05) is 13.1 Å². The van der Waals surface area contributed by atoms with Crippen molar-refractivity contribution in [3.8, 4) is 0 Å². The van der Waals surface area contributed by atoms with Gasteiger partial charge in [-0.2, -0.15) is 0 Å². The summed E-state index contributed by atoms with van der Waals surface area (Å²) >= 11 is 0. The maximum absolute atomic E-state index is 5.87. The van der Waals surface area contributed by atoms with Crippen molar-refractivity contribution in [3.05, 3.63) is 0 Å². The summed E-state index contributed by atoms with van der Waals surface area (Å²) in [5, 5.41) is 0. The molecular weight excluding hydrogens is 224 g/mol. The molecule has 3 nitrogen and oxygen atoms in total. The Morgan fingerprint density at radius 3 is 2.50 bits per heavy atom. The van der Waals surface area contributed by atoms with Gasteiger partial charge in [-0.1, -0.05) is 19.8 Å². The van der Waals surface area contributed by atoms with E-state index < -0.39 is 0 Å². The summed E-state index contributed by atoms with van der Waals surface area (Å²) in [5.41, 5.74) is 5.69. The van der Waals surface area contributed by atoms with Crippen LogP contribution in [0.1, 0.15) is 51.9 Å². The van der Waals surface area contributed by atoms with Crippen LogP contribution in [-0.2, 0) is 4.74 Å². The predicted octanol–water partition coefficient (Wildman–Crippen LogP) is 2.39. The zero-order chi connectivity index (χ0) is 12.8. The van der Waals surface area contributed by atoms with E-state index in [2.05, 4.69) is 11.8 Å². The molecule has 3 atom stereocenters. The molecule has 0 saturated carbocycles. The second-order valence-corrected chi connectivity index (χ2v) is 6.09. The van der Waals surface area contributed by atoms with Gasteiger partial charge in [-0.3, -0.25) is 4.90 Å². The molecule has 0 aromatic heterocycles. The number of hydrogen-bond acceptors (Lipinski definition) is 3. The Bertz CT molecular complexity index is 217. The first-order chi connectivity index (χ1) is 8.81. The Kier molecular flexibility index (Phi) is 5.93. The average Bonchev–Trinajstić information content (AvgIpc) is 2.69. The highest BCUT2D eigenvalue weighted by molar-refractivity contribution is 4.84. The second kappa shape index (κ2) is 7.46. The average molecular weight is 254 g/mol. The Balaban J connectivity index is 1.62. The fourth-order valence-corrected chi connectivity index (χ4v) is 3.56. The van der Waals surface area contributed by atoms with Crippen molar-refractivity contribution in [1.82, 2.24) is 4.90 Å². The molecule has 18 heavy (non-hydrogen) atoms. The number of nitrogens with zero attached hydrogens (tertiary/aromatic N) is 1. The molecule has 2 saturated heterocycles. The molecule has 2 aliphatic rings. The summed E-state index contributed by atoms with van der Waals surface area (Å²) in [6.45, 7) is 6.74. The Hall–Kier alpha value is -0.120. The number of morpholine rings is 1. The van der Waals surface area contributed by atoms with Crippen molar-refractivity contribution >= 4 is 0 Å². The molecule has 0 aromatic rings. The van der Waals surface area contributed by atoms with E-state index in [9.17, 15) is 0 Å². The van der Waals surface area contributed by atoms with Crippen LogP contribution in [0.2, 0.25) is 0 Å². The van der Waals surface area contributed by atoms with E-state index in [-0.39, 0.29) is 0 Å². The van der Waals surface area contributed by atoms with Gasteiger partial charge in [0.1, 0.15) is 0 Å².